The van der Waals surface area contributed by atoms with Crippen molar-refractivity contribution in [3.63, 3.8) is 0 Å². The molecule has 2 amide bonds. The molecule has 1 atom stereocenters. The molecule has 5 nitrogen and oxygen atoms in total. The third kappa shape index (κ3) is 3.32. The number of amides is 2. The number of anilines is 2. The number of alkyl carbamates (subject to hydrolysis) is 1. The predicted octanol–water partition coefficient (Wildman–Crippen LogP) is 5.13. The van der Waals surface area contributed by atoms with Crippen LogP contribution in [-0.2, 0) is 15.1 Å². The van der Waals surface area contributed by atoms with Gasteiger partial charge in [0, 0.05) is 11.3 Å². The maximum Gasteiger partial charge on any atom is 0.409 e. The molecule has 4 rings (SSSR count). The molecule has 3 aromatic rings. The summed E-state index contributed by atoms with van der Waals surface area (Å²) < 4.78 is 5.53. The van der Waals surface area contributed by atoms with Gasteiger partial charge < -0.3 is 4.74 Å². The number of nitrogens with one attached hydrogen (secondary N) is 1. The van der Waals surface area contributed by atoms with Gasteiger partial charge in [0.25, 0.3) is 5.91 Å². The van der Waals surface area contributed by atoms with Gasteiger partial charge in [-0.2, -0.15) is 0 Å². The number of hydrogen-bond acceptors (Lipinski definition) is 3. The molecule has 0 saturated carbocycles. The Labute approximate surface area is 176 Å². The minimum atomic E-state index is -1.39. The molecule has 0 unspecified atom stereocenters. The van der Waals surface area contributed by atoms with Gasteiger partial charge in [0.05, 0.1) is 5.69 Å². The van der Waals surface area contributed by atoms with Crippen molar-refractivity contribution < 1.29 is 14.3 Å². The van der Waals surface area contributed by atoms with Crippen LogP contribution in [0, 0.1) is 0 Å². The summed E-state index contributed by atoms with van der Waals surface area (Å²) in [4.78, 5) is 28.6. The van der Waals surface area contributed by atoms with Gasteiger partial charge in [-0.25, -0.2) is 4.79 Å². The minimum absolute atomic E-state index is 0.257. The zero-order valence-corrected chi connectivity index (χ0v) is 17.3. The highest BCUT2D eigenvalue weighted by Gasteiger charge is 2.54. The maximum atomic E-state index is 14.0. The first kappa shape index (κ1) is 19.7. The number of benzene rings is 3. The molecule has 0 spiro atoms. The molecule has 5 heteroatoms. The van der Waals surface area contributed by atoms with E-state index in [2.05, 4.69) is 5.32 Å². The highest BCUT2D eigenvalue weighted by Crippen LogP contribution is 2.47. The van der Waals surface area contributed by atoms with E-state index in [9.17, 15) is 9.59 Å². The molecule has 0 saturated heterocycles. The second-order valence-electron chi connectivity index (χ2n) is 8.24. The Balaban J connectivity index is 1.92. The van der Waals surface area contributed by atoms with Crippen LogP contribution in [0.3, 0.4) is 0 Å². The van der Waals surface area contributed by atoms with Crippen LogP contribution in [0.4, 0.5) is 16.2 Å². The van der Waals surface area contributed by atoms with Crippen molar-refractivity contribution in [1.29, 1.82) is 0 Å². The lowest BCUT2D eigenvalue weighted by Crippen LogP contribution is -2.54. The molecule has 30 heavy (non-hydrogen) atoms. The van der Waals surface area contributed by atoms with Crippen molar-refractivity contribution in [1.82, 2.24) is 5.32 Å². The fourth-order valence-corrected chi connectivity index (χ4v) is 3.83. The van der Waals surface area contributed by atoms with Gasteiger partial charge in [0.15, 0.2) is 5.54 Å². The molecule has 0 aliphatic carbocycles. The van der Waals surface area contributed by atoms with E-state index in [4.69, 9.17) is 4.74 Å². The van der Waals surface area contributed by atoms with Crippen molar-refractivity contribution >= 4 is 23.4 Å². The minimum Gasteiger partial charge on any atom is -0.444 e. The van der Waals surface area contributed by atoms with Crippen LogP contribution in [0.5, 0.6) is 0 Å². The standard InChI is InChI=1S/C25H24N2O3/c1-24(2,3)30-23(29)26-25(18-12-6-4-7-13-18)20-16-10-11-17-21(20)27(22(25)28)19-14-8-5-9-15-19/h4-17H,1-3H3,(H,26,29)/t25-/m1/s1. The number of carbonyl (C=O) groups excluding carboxylic acids is 2. The van der Waals surface area contributed by atoms with Crippen LogP contribution in [0.15, 0.2) is 84.9 Å². The zero-order valence-electron chi connectivity index (χ0n) is 17.3. The summed E-state index contributed by atoms with van der Waals surface area (Å²) in [5.74, 6) is -0.257. The second kappa shape index (κ2) is 7.34. The van der Waals surface area contributed by atoms with Gasteiger partial charge in [-0.05, 0) is 44.5 Å². The van der Waals surface area contributed by atoms with Crippen LogP contribution in [-0.4, -0.2) is 17.6 Å². The number of fused-ring (bicyclic) bond motifs is 1. The Morgan fingerprint density at radius 3 is 2.07 bits per heavy atom. The SMILES string of the molecule is CC(C)(C)OC(=O)N[C@@]1(c2ccccc2)C(=O)N(c2ccccc2)c2ccccc21. The number of nitrogens with zero attached hydrogens (tertiary/aromatic N) is 1. The molecule has 1 heterocycles. The Bertz CT molecular complexity index is 1070. The number of para-hydroxylation sites is 2. The van der Waals surface area contributed by atoms with Crippen molar-refractivity contribution in [3.05, 3.63) is 96.1 Å². The van der Waals surface area contributed by atoms with Gasteiger partial charge in [0.1, 0.15) is 5.60 Å². The molecule has 0 bridgehead atoms. The molecule has 0 radical (unpaired) electrons. The molecule has 1 aliphatic heterocycles. The third-order valence-electron chi connectivity index (χ3n) is 4.98. The topological polar surface area (TPSA) is 58.6 Å². The van der Waals surface area contributed by atoms with E-state index in [1.807, 2.05) is 84.9 Å². The summed E-state index contributed by atoms with van der Waals surface area (Å²) in [6.45, 7) is 5.38. The summed E-state index contributed by atoms with van der Waals surface area (Å²) in [5, 5.41) is 2.92. The molecule has 3 aromatic carbocycles. The van der Waals surface area contributed by atoms with Crippen molar-refractivity contribution in [2.75, 3.05) is 4.90 Å². The molecular weight excluding hydrogens is 376 g/mol. The maximum absolute atomic E-state index is 14.0. The number of carbonyl (C=O) groups is 2. The largest absolute Gasteiger partial charge is 0.444 e. The number of rotatable bonds is 3. The fourth-order valence-electron chi connectivity index (χ4n) is 3.83. The second-order valence-corrected chi connectivity index (χ2v) is 8.24. The van der Waals surface area contributed by atoms with Crippen molar-refractivity contribution in [2.45, 2.75) is 31.9 Å². The lowest BCUT2D eigenvalue weighted by molar-refractivity contribution is -0.122. The molecular formula is C25H24N2O3. The first-order chi connectivity index (χ1) is 14.3. The fraction of sp³-hybridized carbons (Fsp3) is 0.200. The number of ether oxygens (including phenoxy) is 1. The highest BCUT2D eigenvalue weighted by atomic mass is 16.6. The summed E-state index contributed by atoms with van der Waals surface area (Å²) in [6.07, 6.45) is -0.649. The van der Waals surface area contributed by atoms with E-state index in [1.165, 1.54) is 0 Å². The van der Waals surface area contributed by atoms with Gasteiger partial charge >= 0.3 is 6.09 Å². The molecule has 1 N–H and O–H groups in total. The van der Waals surface area contributed by atoms with E-state index in [0.717, 1.165) is 11.4 Å². The molecule has 0 fully saturated rings. The van der Waals surface area contributed by atoms with Crippen molar-refractivity contribution in [2.24, 2.45) is 0 Å². The van der Waals surface area contributed by atoms with Crippen LogP contribution >= 0.6 is 0 Å². The summed E-state index contributed by atoms with van der Waals surface area (Å²) in [5.41, 5.74) is 0.758. The van der Waals surface area contributed by atoms with Gasteiger partial charge in [-0.1, -0.05) is 66.7 Å². The first-order valence-corrected chi connectivity index (χ1v) is 9.89. The average Bonchev–Trinajstić information content (AvgIpc) is 2.97. The normalized spacial score (nSPS) is 18.1. The van der Waals surface area contributed by atoms with Crippen LogP contribution in [0.25, 0.3) is 0 Å². The van der Waals surface area contributed by atoms with E-state index in [-0.39, 0.29) is 5.91 Å². The quantitative estimate of drug-likeness (QED) is 0.663. The monoisotopic (exact) mass is 400 g/mol. The Kier molecular flexibility index (Phi) is 4.82. The van der Waals surface area contributed by atoms with E-state index < -0.39 is 17.2 Å². The first-order valence-electron chi connectivity index (χ1n) is 9.89. The van der Waals surface area contributed by atoms with E-state index >= 15 is 0 Å². The van der Waals surface area contributed by atoms with E-state index in [0.29, 0.717) is 11.1 Å². The molecule has 152 valence electrons. The predicted molar refractivity (Wildman–Crippen MR) is 117 cm³/mol. The third-order valence-corrected chi connectivity index (χ3v) is 4.98. The lowest BCUT2D eigenvalue weighted by atomic mass is 9.84. The van der Waals surface area contributed by atoms with E-state index in [1.54, 1.807) is 25.7 Å². The summed E-state index contributed by atoms with van der Waals surface area (Å²) in [6, 6.07) is 26.2. The average molecular weight is 400 g/mol. The zero-order chi connectivity index (χ0) is 21.4. The van der Waals surface area contributed by atoms with Crippen LogP contribution in [0.1, 0.15) is 31.9 Å². The summed E-state index contributed by atoms with van der Waals surface area (Å²) in [7, 11) is 0. The molecule has 1 aliphatic rings. The molecule has 0 aromatic heterocycles. The van der Waals surface area contributed by atoms with Crippen LogP contribution < -0.4 is 10.2 Å². The van der Waals surface area contributed by atoms with Gasteiger partial charge in [-0.15, -0.1) is 0 Å². The van der Waals surface area contributed by atoms with Crippen molar-refractivity contribution in [3.8, 4) is 0 Å². The van der Waals surface area contributed by atoms with Gasteiger partial charge in [-0.3, -0.25) is 15.0 Å². The highest BCUT2D eigenvalue weighted by molar-refractivity contribution is 6.15. The number of hydrogen-bond donors (Lipinski definition) is 1. The summed E-state index contributed by atoms with van der Waals surface area (Å²) >= 11 is 0. The smallest absolute Gasteiger partial charge is 0.409 e. The Hall–Kier alpha value is -3.60. The van der Waals surface area contributed by atoms with Crippen LogP contribution in [0.2, 0.25) is 0 Å². The van der Waals surface area contributed by atoms with Gasteiger partial charge in [0.2, 0.25) is 0 Å². The Morgan fingerprint density at radius 1 is 0.867 bits per heavy atom. The lowest BCUT2D eigenvalue weighted by Gasteiger charge is -2.31. The Morgan fingerprint density at radius 2 is 1.43 bits per heavy atom.